The van der Waals surface area contributed by atoms with E-state index in [0.717, 1.165) is 88.7 Å². The zero-order valence-electron chi connectivity index (χ0n) is 44.6. The standard InChI is InChI=1S/C57H112N2O5S2/c1-6-11-16-19-24-29-36-47-59(55(60)45-48-65-66-49-46-58)54(41-32-25-20-22-27-34-43-56(61)63-50-52(37-14-9-4)39-30-17-12-7-2)42-33-26-21-23-28-35-44-57(62)64-51-53(38-15-10-5)40-31-18-13-8-3/h52-54H,6-51,58H2,1-5H3. The molecule has 0 rings (SSSR count). The lowest BCUT2D eigenvalue weighted by molar-refractivity contribution is -0.146. The van der Waals surface area contributed by atoms with Crippen LogP contribution in [0.5, 0.6) is 0 Å². The number of nitrogens with zero attached hydrogens (tertiary/aromatic N) is 1. The van der Waals surface area contributed by atoms with Crippen LogP contribution in [0, 0.1) is 11.8 Å². The summed E-state index contributed by atoms with van der Waals surface area (Å²) in [4.78, 5) is 41.5. The number of amides is 1. The molecule has 0 fully saturated rings. The maximum Gasteiger partial charge on any atom is 0.305 e. The van der Waals surface area contributed by atoms with Crippen LogP contribution in [0.25, 0.3) is 0 Å². The first-order valence-electron chi connectivity index (χ1n) is 28.9. The van der Waals surface area contributed by atoms with Crippen LogP contribution < -0.4 is 5.73 Å². The fourth-order valence-corrected chi connectivity index (χ4v) is 11.1. The third-order valence-electron chi connectivity index (χ3n) is 13.6. The van der Waals surface area contributed by atoms with Crippen molar-refractivity contribution in [2.45, 2.75) is 297 Å². The Morgan fingerprint density at radius 3 is 1.20 bits per heavy atom. The van der Waals surface area contributed by atoms with Gasteiger partial charge in [-0.05, 0) is 69.6 Å². The molecule has 2 atom stereocenters. The Morgan fingerprint density at radius 1 is 0.409 bits per heavy atom. The second-order valence-corrected chi connectivity index (χ2v) is 22.6. The summed E-state index contributed by atoms with van der Waals surface area (Å²) in [6, 6.07) is 0.310. The molecule has 2 N–H and O–H groups in total. The van der Waals surface area contributed by atoms with Crippen LogP contribution >= 0.6 is 21.6 Å². The van der Waals surface area contributed by atoms with Crippen molar-refractivity contribution in [3.63, 3.8) is 0 Å². The van der Waals surface area contributed by atoms with Crippen molar-refractivity contribution < 1.29 is 23.9 Å². The van der Waals surface area contributed by atoms with Gasteiger partial charge in [0.1, 0.15) is 0 Å². The summed E-state index contributed by atoms with van der Waals surface area (Å²) in [6.07, 6.45) is 45.8. The molecule has 0 saturated carbocycles. The first-order valence-corrected chi connectivity index (χ1v) is 31.4. The number of hydrogen-bond acceptors (Lipinski definition) is 8. The lowest BCUT2D eigenvalue weighted by Gasteiger charge is -2.33. The molecule has 0 aromatic heterocycles. The van der Waals surface area contributed by atoms with E-state index in [-0.39, 0.29) is 11.9 Å². The minimum absolute atomic E-state index is 0.00967. The van der Waals surface area contributed by atoms with Crippen molar-refractivity contribution in [2.75, 3.05) is 37.8 Å². The molecule has 9 heteroatoms. The van der Waals surface area contributed by atoms with Gasteiger partial charge >= 0.3 is 11.9 Å². The fraction of sp³-hybridized carbons (Fsp3) is 0.947. The molecule has 0 radical (unpaired) electrons. The predicted molar refractivity (Wildman–Crippen MR) is 291 cm³/mol. The van der Waals surface area contributed by atoms with Gasteiger partial charge in [-0.1, -0.05) is 236 Å². The normalized spacial score (nSPS) is 12.9. The van der Waals surface area contributed by atoms with Gasteiger partial charge in [0.15, 0.2) is 0 Å². The van der Waals surface area contributed by atoms with Crippen molar-refractivity contribution in [3.05, 3.63) is 0 Å². The number of carbonyl (C=O) groups is 3. The maximum absolute atomic E-state index is 14.0. The van der Waals surface area contributed by atoms with Crippen molar-refractivity contribution >= 4 is 39.4 Å². The molecule has 0 bridgehead atoms. The number of carbonyl (C=O) groups excluding carboxylic acids is 3. The van der Waals surface area contributed by atoms with Crippen LogP contribution in [0.1, 0.15) is 291 Å². The zero-order valence-corrected chi connectivity index (χ0v) is 46.3. The molecular weight excluding hydrogens is 857 g/mol. The largest absolute Gasteiger partial charge is 0.465 e. The molecule has 0 aromatic carbocycles. The van der Waals surface area contributed by atoms with Crippen LogP contribution in [0.15, 0.2) is 0 Å². The smallest absolute Gasteiger partial charge is 0.305 e. The Balaban J connectivity index is 5.06. The quantitative estimate of drug-likeness (QED) is 0.0366. The molecule has 0 aliphatic rings. The van der Waals surface area contributed by atoms with E-state index in [1.54, 1.807) is 21.6 Å². The van der Waals surface area contributed by atoms with Crippen LogP contribution in [-0.4, -0.2) is 66.6 Å². The molecule has 0 aromatic rings. The van der Waals surface area contributed by atoms with E-state index in [1.807, 2.05) is 0 Å². The highest BCUT2D eigenvalue weighted by molar-refractivity contribution is 8.76. The van der Waals surface area contributed by atoms with Gasteiger partial charge in [0.2, 0.25) is 5.91 Å². The highest BCUT2D eigenvalue weighted by Crippen LogP contribution is 2.25. The Hall–Kier alpha value is -0.930. The van der Waals surface area contributed by atoms with Crippen molar-refractivity contribution in [1.29, 1.82) is 0 Å². The average molecular weight is 970 g/mol. The lowest BCUT2D eigenvalue weighted by Crippen LogP contribution is -2.41. The second-order valence-electron chi connectivity index (χ2n) is 19.9. The molecule has 0 aliphatic carbocycles. The number of rotatable bonds is 53. The Labute approximate surface area is 419 Å². The number of unbranched alkanes of at least 4 members (excludes halogenated alkanes) is 24. The van der Waals surface area contributed by atoms with E-state index in [2.05, 4.69) is 39.5 Å². The van der Waals surface area contributed by atoms with Crippen molar-refractivity contribution in [1.82, 2.24) is 4.90 Å². The van der Waals surface area contributed by atoms with Gasteiger partial charge in [0, 0.05) is 49.9 Å². The van der Waals surface area contributed by atoms with E-state index in [9.17, 15) is 14.4 Å². The molecule has 392 valence electrons. The molecule has 66 heavy (non-hydrogen) atoms. The molecule has 0 spiro atoms. The Kier molecular flexibility index (Phi) is 51.2. The van der Waals surface area contributed by atoms with Crippen LogP contribution in [0.2, 0.25) is 0 Å². The van der Waals surface area contributed by atoms with E-state index in [4.69, 9.17) is 15.2 Å². The number of nitrogens with two attached hydrogens (primary N) is 1. The van der Waals surface area contributed by atoms with E-state index < -0.39 is 0 Å². The summed E-state index contributed by atoms with van der Waals surface area (Å²) in [5.41, 5.74) is 5.73. The fourth-order valence-electron chi connectivity index (χ4n) is 9.25. The van der Waals surface area contributed by atoms with Gasteiger partial charge in [-0.25, -0.2) is 0 Å². The van der Waals surface area contributed by atoms with Crippen molar-refractivity contribution in [3.8, 4) is 0 Å². The van der Waals surface area contributed by atoms with Crippen LogP contribution in [-0.2, 0) is 23.9 Å². The third kappa shape index (κ3) is 43.1. The summed E-state index contributed by atoms with van der Waals surface area (Å²) in [5, 5.41) is 0. The third-order valence-corrected chi connectivity index (χ3v) is 16.0. The Bertz CT molecular complexity index is 994. The summed E-state index contributed by atoms with van der Waals surface area (Å²) < 4.78 is 11.6. The molecule has 0 saturated heterocycles. The first kappa shape index (κ1) is 65.1. The molecule has 7 nitrogen and oxygen atoms in total. The summed E-state index contributed by atoms with van der Waals surface area (Å²) in [7, 11) is 3.58. The Morgan fingerprint density at radius 2 is 0.758 bits per heavy atom. The second kappa shape index (κ2) is 51.9. The zero-order chi connectivity index (χ0) is 48.4. The number of esters is 2. The topological polar surface area (TPSA) is 98.9 Å². The molecule has 0 heterocycles. The van der Waals surface area contributed by atoms with Crippen LogP contribution in [0.3, 0.4) is 0 Å². The molecule has 1 amide bonds. The highest BCUT2D eigenvalue weighted by atomic mass is 33.1. The van der Waals surface area contributed by atoms with Gasteiger partial charge in [-0.3, -0.25) is 14.4 Å². The number of ether oxygens (including phenoxy) is 2. The molecule has 0 aliphatic heterocycles. The average Bonchev–Trinajstić information content (AvgIpc) is 3.32. The van der Waals surface area contributed by atoms with Gasteiger partial charge < -0.3 is 20.1 Å². The minimum Gasteiger partial charge on any atom is -0.465 e. The van der Waals surface area contributed by atoms with Gasteiger partial charge in [-0.2, -0.15) is 0 Å². The van der Waals surface area contributed by atoms with Gasteiger partial charge in [0.05, 0.1) is 13.2 Å². The maximum atomic E-state index is 14.0. The van der Waals surface area contributed by atoms with E-state index in [0.29, 0.717) is 62.8 Å². The minimum atomic E-state index is -0.00967. The van der Waals surface area contributed by atoms with Crippen LogP contribution in [0.4, 0.5) is 0 Å². The summed E-state index contributed by atoms with van der Waals surface area (Å²) in [5.74, 6) is 3.14. The number of hydrogen-bond donors (Lipinski definition) is 1. The summed E-state index contributed by atoms with van der Waals surface area (Å²) in [6.45, 7) is 14.0. The van der Waals surface area contributed by atoms with Gasteiger partial charge in [-0.15, -0.1) is 0 Å². The first-order chi connectivity index (χ1) is 32.4. The lowest BCUT2D eigenvalue weighted by atomic mass is 9.96. The summed E-state index contributed by atoms with van der Waals surface area (Å²) >= 11 is 0. The van der Waals surface area contributed by atoms with E-state index >= 15 is 0 Å². The molecule has 2 unspecified atom stereocenters. The molecular formula is C57H112N2O5S2. The van der Waals surface area contributed by atoms with Crippen molar-refractivity contribution in [2.24, 2.45) is 17.6 Å². The SMILES string of the molecule is CCCCCCCCCN(C(=O)CCSSCCN)C(CCCCCCCCC(=O)OCC(CCCC)CCCCCC)CCCCCCCCC(=O)OCC(CCCC)CCCCCC. The van der Waals surface area contributed by atoms with E-state index in [1.165, 1.54) is 167 Å². The highest BCUT2D eigenvalue weighted by Gasteiger charge is 2.23. The monoisotopic (exact) mass is 969 g/mol. The van der Waals surface area contributed by atoms with Gasteiger partial charge in [0.25, 0.3) is 0 Å². The predicted octanol–water partition coefficient (Wildman–Crippen LogP) is 17.5.